The number of fused-ring (bicyclic) bond motifs is 5. The molecule has 2 aliphatic carbocycles. The second-order valence-corrected chi connectivity index (χ2v) is 8.45. The summed E-state index contributed by atoms with van der Waals surface area (Å²) in [5.41, 5.74) is -1.64. The topological polar surface area (TPSA) is 142 Å². The molecule has 0 bridgehead atoms. The lowest BCUT2D eigenvalue weighted by molar-refractivity contribution is -0.157. The van der Waals surface area contributed by atoms with Crippen molar-refractivity contribution in [2.75, 3.05) is 0 Å². The highest BCUT2D eigenvalue weighted by atomic mass is 16.7. The highest BCUT2D eigenvalue weighted by Crippen LogP contribution is 2.60. The zero-order chi connectivity index (χ0) is 22.4. The van der Waals surface area contributed by atoms with Crippen LogP contribution in [-0.2, 0) is 14.3 Å². The molecule has 5 rings (SSSR count). The molecule has 0 radical (unpaired) electrons. The number of aromatic hydroxyl groups is 1. The van der Waals surface area contributed by atoms with Crippen molar-refractivity contribution < 1.29 is 34.1 Å². The van der Waals surface area contributed by atoms with E-state index in [0.717, 1.165) is 4.57 Å². The van der Waals surface area contributed by atoms with Gasteiger partial charge in [-0.25, -0.2) is 4.57 Å². The van der Waals surface area contributed by atoms with E-state index >= 15 is 0 Å². The number of aromatic nitrogens is 1. The zero-order valence-electron chi connectivity index (χ0n) is 16.9. The number of nitriles is 1. The Bertz CT molecular complexity index is 1250. The molecule has 1 aliphatic heterocycles. The lowest BCUT2D eigenvalue weighted by Crippen LogP contribution is -2.36. The van der Waals surface area contributed by atoms with Crippen LogP contribution in [0.2, 0.25) is 0 Å². The van der Waals surface area contributed by atoms with Crippen LogP contribution in [0.3, 0.4) is 0 Å². The van der Waals surface area contributed by atoms with Crippen LogP contribution in [-0.4, -0.2) is 44.0 Å². The van der Waals surface area contributed by atoms with Crippen LogP contribution >= 0.6 is 0 Å². The first kappa shape index (κ1) is 19.5. The Kier molecular flexibility index (Phi) is 3.79. The molecule has 0 spiro atoms. The van der Waals surface area contributed by atoms with E-state index in [4.69, 9.17) is 9.47 Å². The minimum Gasteiger partial charge on any atom is -0.507 e. The Labute approximate surface area is 176 Å². The second kappa shape index (κ2) is 6.03. The van der Waals surface area contributed by atoms with Crippen molar-refractivity contribution in [2.45, 2.75) is 44.7 Å². The summed E-state index contributed by atoms with van der Waals surface area (Å²) in [6.07, 6.45) is -1.29. The molecular weight excluding hydrogens is 404 g/mol. The molecule has 0 amide bonds. The number of nitrogens with zero attached hydrogens (tertiary/aromatic N) is 2. The minimum atomic E-state index is -1.30. The molecule has 1 aromatic carbocycles. The first-order valence-electron chi connectivity index (χ1n) is 9.79. The molecule has 31 heavy (non-hydrogen) atoms. The van der Waals surface area contributed by atoms with Crippen LogP contribution < -0.4 is 0 Å². The Morgan fingerprint density at radius 3 is 2.65 bits per heavy atom. The second-order valence-electron chi connectivity index (χ2n) is 8.45. The predicted octanol–water partition coefficient (Wildman–Crippen LogP) is 1.74. The number of hydrogen-bond acceptors (Lipinski definition) is 8. The molecule has 158 valence electrons. The van der Waals surface area contributed by atoms with E-state index in [-0.39, 0.29) is 39.4 Å². The van der Waals surface area contributed by atoms with Gasteiger partial charge in [0.25, 0.3) is 0 Å². The Hall–Kier alpha value is -3.48. The highest BCUT2D eigenvalue weighted by molar-refractivity contribution is 6.29. The van der Waals surface area contributed by atoms with Gasteiger partial charge in [0.1, 0.15) is 29.3 Å². The van der Waals surface area contributed by atoms with E-state index in [2.05, 4.69) is 0 Å². The Morgan fingerprint density at radius 2 is 2.00 bits per heavy atom. The average molecular weight is 422 g/mol. The SMILES string of the molecule is CC(C)C(=O)O[C@@H]1c2c(c3c(n2C#N)C(=O)c2c(O)cccc2C3=O)[C@H](O)[C@@H]2O[C@]12C. The number of epoxide rings is 1. The van der Waals surface area contributed by atoms with Crippen molar-refractivity contribution >= 4 is 17.5 Å². The summed E-state index contributed by atoms with van der Waals surface area (Å²) in [4.78, 5) is 39.0. The summed E-state index contributed by atoms with van der Waals surface area (Å²) >= 11 is 0. The van der Waals surface area contributed by atoms with Gasteiger partial charge in [-0.1, -0.05) is 26.0 Å². The van der Waals surface area contributed by atoms with E-state index in [0.29, 0.717) is 0 Å². The van der Waals surface area contributed by atoms with Crippen LogP contribution in [0.1, 0.15) is 76.2 Å². The Morgan fingerprint density at radius 1 is 1.29 bits per heavy atom. The fraction of sp³-hybridized carbons (Fsp3) is 0.364. The molecule has 0 unspecified atom stereocenters. The van der Waals surface area contributed by atoms with Gasteiger partial charge in [0, 0.05) is 11.1 Å². The lowest BCUT2D eigenvalue weighted by atomic mass is 9.79. The monoisotopic (exact) mass is 422 g/mol. The molecule has 2 N–H and O–H groups in total. The van der Waals surface area contributed by atoms with Crippen LogP contribution in [0, 0.1) is 17.4 Å². The molecule has 1 aromatic heterocycles. The van der Waals surface area contributed by atoms with Crippen molar-refractivity contribution in [2.24, 2.45) is 5.92 Å². The van der Waals surface area contributed by atoms with Crippen molar-refractivity contribution in [3.8, 4) is 11.9 Å². The van der Waals surface area contributed by atoms with Gasteiger partial charge in [-0.05, 0) is 13.0 Å². The molecular formula is C22H18N2O7. The number of carbonyl (C=O) groups is 3. The first-order valence-corrected chi connectivity index (χ1v) is 9.79. The summed E-state index contributed by atoms with van der Waals surface area (Å²) in [6.45, 7) is 4.94. The van der Waals surface area contributed by atoms with Crippen LogP contribution in [0.5, 0.6) is 5.75 Å². The third kappa shape index (κ3) is 2.29. The summed E-state index contributed by atoms with van der Waals surface area (Å²) in [5, 5.41) is 31.1. The van der Waals surface area contributed by atoms with Gasteiger partial charge in [-0.15, -0.1) is 0 Å². The summed E-state index contributed by atoms with van der Waals surface area (Å²) in [6, 6.07) is 4.11. The molecule has 3 aliphatic rings. The number of carbonyl (C=O) groups excluding carboxylic acids is 3. The van der Waals surface area contributed by atoms with Gasteiger partial charge in [-0.2, -0.15) is 5.26 Å². The van der Waals surface area contributed by atoms with E-state index < -0.39 is 47.4 Å². The molecule has 2 aromatic rings. The van der Waals surface area contributed by atoms with Crippen molar-refractivity contribution in [1.82, 2.24) is 4.57 Å². The molecule has 2 heterocycles. The smallest absolute Gasteiger partial charge is 0.309 e. The molecule has 1 saturated heterocycles. The molecule has 1 fully saturated rings. The van der Waals surface area contributed by atoms with E-state index in [1.807, 2.05) is 6.19 Å². The number of hydrogen-bond donors (Lipinski definition) is 2. The fourth-order valence-electron chi connectivity index (χ4n) is 4.61. The molecule has 0 saturated carbocycles. The van der Waals surface area contributed by atoms with E-state index in [1.165, 1.54) is 18.2 Å². The number of rotatable bonds is 2. The summed E-state index contributed by atoms with van der Waals surface area (Å²) in [7, 11) is 0. The van der Waals surface area contributed by atoms with Gasteiger partial charge < -0.3 is 19.7 Å². The van der Waals surface area contributed by atoms with Crippen molar-refractivity contribution in [3.05, 3.63) is 51.8 Å². The summed E-state index contributed by atoms with van der Waals surface area (Å²) in [5.74, 6) is -2.74. The van der Waals surface area contributed by atoms with Gasteiger partial charge in [0.2, 0.25) is 5.78 Å². The van der Waals surface area contributed by atoms with Crippen LogP contribution in [0.25, 0.3) is 0 Å². The van der Waals surface area contributed by atoms with Crippen LogP contribution in [0.4, 0.5) is 0 Å². The maximum absolute atomic E-state index is 13.3. The third-order valence-electron chi connectivity index (χ3n) is 6.25. The van der Waals surface area contributed by atoms with Crippen molar-refractivity contribution in [1.29, 1.82) is 5.26 Å². The van der Waals surface area contributed by atoms with E-state index in [9.17, 15) is 29.9 Å². The van der Waals surface area contributed by atoms with E-state index in [1.54, 1.807) is 20.8 Å². The molecule has 9 nitrogen and oxygen atoms in total. The van der Waals surface area contributed by atoms with Gasteiger partial charge in [-0.3, -0.25) is 14.4 Å². The number of esters is 1. The lowest BCUT2D eigenvalue weighted by Gasteiger charge is -2.29. The standard InChI is InChI=1S/C22H18N2O7/c1-8(2)21(29)30-19-15-13(18(28)20-22(19,3)31-20)12-14(24(15)7-23)17(27)11-9(16(12)26)5-4-6-10(11)25/h4-6,8,18-20,25,28H,1-3H3/t18-,19+,20-,22+/m0/s1. The fourth-order valence-corrected chi connectivity index (χ4v) is 4.61. The normalized spacial score (nSPS) is 27.7. The van der Waals surface area contributed by atoms with Gasteiger partial charge in [0.05, 0.1) is 22.7 Å². The number of ketones is 2. The van der Waals surface area contributed by atoms with Gasteiger partial charge >= 0.3 is 5.97 Å². The minimum absolute atomic E-state index is 0.0247. The summed E-state index contributed by atoms with van der Waals surface area (Å²) < 4.78 is 12.2. The zero-order valence-corrected chi connectivity index (χ0v) is 16.9. The first-order chi connectivity index (χ1) is 14.6. The van der Waals surface area contributed by atoms with Crippen LogP contribution in [0.15, 0.2) is 18.2 Å². The maximum Gasteiger partial charge on any atom is 0.309 e. The van der Waals surface area contributed by atoms with Gasteiger partial charge in [0.15, 0.2) is 18.1 Å². The predicted molar refractivity (Wildman–Crippen MR) is 102 cm³/mol. The largest absolute Gasteiger partial charge is 0.507 e. The number of phenols is 1. The Balaban J connectivity index is 1.80. The number of aliphatic hydroxyl groups is 1. The van der Waals surface area contributed by atoms with Crippen molar-refractivity contribution in [3.63, 3.8) is 0 Å². The molecule has 4 atom stereocenters. The maximum atomic E-state index is 13.3. The number of phenolic OH excluding ortho intramolecular Hbond substituents is 1. The highest BCUT2D eigenvalue weighted by Gasteiger charge is 2.69. The molecule has 9 heteroatoms. The number of ether oxygens (including phenoxy) is 2. The average Bonchev–Trinajstić information content (AvgIpc) is 3.30. The number of aliphatic hydroxyl groups excluding tert-OH is 1. The number of benzene rings is 1. The third-order valence-corrected chi connectivity index (χ3v) is 6.25. The quantitative estimate of drug-likeness (QED) is 0.470.